The van der Waals surface area contributed by atoms with Gasteiger partial charge in [-0.3, -0.25) is 9.59 Å². The molecule has 2 aliphatic carbocycles. The van der Waals surface area contributed by atoms with E-state index in [1.807, 2.05) is 84.9 Å². The van der Waals surface area contributed by atoms with Crippen molar-refractivity contribution in [3.8, 4) is 22.3 Å². The number of hydrogen-bond donors (Lipinski definition) is 0. The molecule has 4 heteroatoms. The Bertz CT molecular complexity index is 1980. The minimum absolute atomic E-state index is 0.0949. The smallest absolute Gasteiger partial charge is 0.194 e. The van der Waals surface area contributed by atoms with E-state index in [0.717, 1.165) is 69.4 Å². The third kappa shape index (κ3) is 3.44. The molecular weight excluding hydrogens is 600 g/mol. The first-order valence-electron chi connectivity index (χ1n) is 12.2. The highest BCUT2D eigenvalue weighted by Gasteiger charge is 2.26. The second-order valence-corrected chi connectivity index (χ2v) is 11.2. The van der Waals surface area contributed by atoms with Crippen LogP contribution in [0.25, 0.3) is 43.8 Å². The molecule has 2 nitrogen and oxygen atoms in total. The summed E-state index contributed by atoms with van der Waals surface area (Å²) in [5.41, 5.74) is 7.52. The Morgan fingerprint density at radius 3 is 1.76 bits per heavy atom. The topological polar surface area (TPSA) is 34.1 Å². The molecule has 0 spiro atoms. The van der Waals surface area contributed by atoms with Gasteiger partial charge in [0.2, 0.25) is 0 Å². The Balaban J connectivity index is 0.000000128. The van der Waals surface area contributed by atoms with Crippen molar-refractivity contribution in [1.29, 1.82) is 0 Å². The fraction of sp³-hybridized carbons (Fsp3) is 0. The summed E-state index contributed by atoms with van der Waals surface area (Å²) in [6.07, 6.45) is 0. The van der Waals surface area contributed by atoms with Crippen LogP contribution >= 0.6 is 31.9 Å². The minimum atomic E-state index is 0.0949. The second kappa shape index (κ2) is 8.87. The van der Waals surface area contributed by atoms with Gasteiger partial charge in [0.05, 0.1) is 0 Å². The molecule has 0 radical (unpaired) electrons. The molecule has 0 aromatic heterocycles. The van der Waals surface area contributed by atoms with Crippen LogP contribution in [0.15, 0.2) is 118 Å². The van der Waals surface area contributed by atoms with Crippen molar-refractivity contribution in [2.24, 2.45) is 0 Å². The predicted molar refractivity (Wildman–Crippen MR) is 161 cm³/mol. The molecule has 0 atom stereocenters. The molecule has 2 aliphatic rings. The van der Waals surface area contributed by atoms with Crippen molar-refractivity contribution in [3.05, 3.63) is 140 Å². The normalized spacial score (nSPS) is 12.6. The molecule has 6 aromatic rings. The highest BCUT2D eigenvalue weighted by molar-refractivity contribution is 9.11. The molecule has 0 heterocycles. The van der Waals surface area contributed by atoms with Crippen LogP contribution in [0, 0.1) is 0 Å². The molecule has 0 fully saturated rings. The van der Waals surface area contributed by atoms with Gasteiger partial charge in [-0.05, 0) is 51.2 Å². The number of halogens is 2. The molecule has 180 valence electrons. The molecule has 0 saturated heterocycles. The fourth-order valence-electron chi connectivity index (χ4n) is 5.68. The van der Waals surface area contributed by atoms with E-state index in [4.69, 9.17) is 0 Å². The van der Waals surface area contributed by atoms with Crippen molar-refractivity contribution in [2.45, 2.75) is 0 Å². The summed E-state index contributed by atoms with van der Waals surface area (Å²) < 4.78 is 1.95. The van der Waals surface area contributed by atoms with Crippen LogP contribution in [0.1, 0.15) is 31.8 Å². The first-order chi connectivity index (χ1) is 18.5. The number of hydrogen-bond acceptors (Lipinski definition) is 2. The Morgan fingerprint density at radius 1 is 0.421 bits per heavy atom. The zero-order valence-electron chi connectivity index (χ0n) is 20.0. The van der Waals surface area contributed by atoms with E-state index in [-0.39, 0.29) is 11.6 Å². The standard InChI is InChI=1S/C17H8Br2O.C17H10O/c18-9-4-5-10-11-6-7-15(19)12-2-1-3-13(16(11)12)17(20)14(10)8-9;18-17-14-8-2-1-7-12(14)13-9-3-5-11-6-4-10-15(17)16(11)13/h1-8H;1-10H. The molecule has 0 bridgehead atoms. The lowest BCUT2D eigenvalue weighted by Crippen LogP contribution is -2.09. The van der Waals surface area contributed by atoms with Crippen molar-refractivity contribution in [3.63, 3.8) is 0 Å². The predicted octanol–water partition coefficient (Wildman–Crippen LogP) is 9.63. The van der Waals surface area contributed by atoms with Crippen molar-refractivity contribution >= 4 is 65.0 Å². The van der Waals surface area contributed by atoms with E-state index in [2.05, 4.69) is 56.1 Å². The molecule has 0 saturated carbocycles. The van der Waals surface area contributed by atoms with Gasteiger partial charge in [-0.2, -0.15) is 0 Å². The van der Waals surface area contributed by atoms with Gasteiger partial charge >= 0.3 is 0 Å². The van der Waals surface area contributed by atoms with Gasteiger partial charge in [-0.25, -0.2) is 0 Å². The van der Waals surface area contributed by atoms with Gasteiger partial charge in [-0.15, -0.1) is 0 Å². The molecule has 0 N–H and O–H groups in total. The van der Waals surface area contributed by atoms with Crippen LogP contribution in [-0.4, -0.2) is 11.6 Å². The van der Waals surface area contributed by atoms with E-state index < -0.39 is 0 Å². The number of rotatable bonds is 0. The molecule has 0 amide bonds. The number of fused-ring (bicyclic) bond motifs is 4. The van der Waals surface area contributed by atoms with Gasteiger partial charge in [0, 0.05) is 42.0 Å². The van der Waals surface area contributed by atoms with E-state index in [1.165, 1.54) is 5.56 Å². The molecule has 38 heavy (non-hydrogen) atoms. The lowest BCUT2D eigenvalue weighted by molar-refractivity contribution is 0.103. The molecule has 0 aliphatic heterocycles. The minimum Gasteiger partial charge on any atom is -0.289 e. The highest BCUT2D eigenvalue weighted by Crippen LogP contribution is 2.42. The molecule has 0 unspecified atom stereocenters. The Labute approximate surface area is 236 Å². The number of benzene rings is 6. The Kier molecular flexibility index (Phi) is 5.43. The summed E-state index contributed by atoms with van der Waals surface area (Å²) in [6, 6.07) is 35.9. The van der Waals surface area contributed by atoms with Crippen LogP contribution in [0.2, 0.25) is 0 Å². The maximum atomic E-state index is 12.7. The molecule has 6 aromatic carbocycles. The van der Waals surface area contributed by atoms with Crippen LogP contribution in [0.4, 0.5) is 0 Å². The van der Waals surface area contributed by atoms with Gasteiger partial charge in [0.25, 0.3) is 0 Å². The van der Waals surface area contributed by atoms with Gasteiger partial charge in [0.1, 0.15) is 0 Å². The van der Waals surface area contributed by atoms with Gasteiger partial charge < -0.3 is 0 Å². The summed E-state index contributed by atoms with van der Waals surface area (Å²) in [5, 5.41) is 4.35. The largest absolute Gasteiger partial charge is 0.289 e. The number of carbonyl (C=O) groups excluding carboxylic acids is 2. The zero-order chi connectivity index (χ0) is 26.0. The van der Waals surface area contributed by atoms with E-state index in [0.29, 0.717) is 0 Å². The monoisotopic (exact) mass is 616 g/mol. The SMILES string of the molecule is O=C1c2cc(Br)ccc2-c2ccc(Br)c3cccc1c23.O=C1c2ccccc2-c2cccc3cccc1c23. The third-order valence-corrected chi connectivity index (χ3v) is 8.54. The summed E-state index contributed by atoms with van der Waals surface area (Å²) >= 11 is 7.02. The Hall–Kier alpha value is -3.86. The fourth-order valence-corrected chi connectivity index (χ4v) is 6.51. The maximum absolute atomic E-state index is 12.7. The van der Waals surface area contributed by atoms with Crippen molar-refractivity contribution in [2.75, 3.05) is 0 Å². The average molecular weight is 618 g/mol. The third-order valence-electron chi connectivity index (χ3n) is 7.36. The average Bonchev–Trinajstić information content (AvgIpc) is 2.96. The van der Waals surface area contributed by atoms with Crippen LogP contribution in [-0.2, 0) is 0 Å². The zero-order valence-corrected chi connectivity index (χ0v) is 23.1. The lowest BCUT2D eigenvalue weighted by atomic mass is 9.83. The second-order valence-electron chi connectivity index (χ2n) is 9.43. The van der Waals surface area contributed by atoms with Crippen LogP contribution < -0.4 is 0 Å². The quantitative estimate of drug-likeness (QED) is 0.170. The summed E-state index contributed by atoms with van der Waals surface area (Å²) in [5.74, 6) is 0.229. The number of ketones is 2. The first kappa shape index (κ1) is 23.3. The lowest BCUT2D eigenvalue weighted by Gasteiger charge is -2.20. The number of carbonyl (C=O) groups is 2. The van der Waals surface area contributed by atoms with Gasteiger partial charge in [0.15, 0.2) is 11.6 Å². The van der Waals surface area contributed by atoms with E-state index >= 15 is 0 Å². The molecular formula is C34H18Br2O2. The summed E-state index contributed by atoms with van der Waals surface area (Å²) in [7, 11) is 0. The van der Waals surface area contributed by atoms with Crippen molar-refractivity contribution < 1.29 is 9.59 Å². The maximum Gasteiger partial charge on any atom is 0.194 e. The summed E-state index contributed by atoms with van der Waals surface area (Å²) in [6.45, 7) is 0. The van der Waals surface area contributed by atoms with Crippen LogP contribution in [0.3, 0.4) is 0 Å². The van der Waals surface area contributed by atoms with E-state index in [1.54, 1.807) is 0 Å². The van der Waals surface area contributed by atoms with Gasteiger partial charge in [-0.1, -0.05) is 123 Å². The Morgan fingerprint density at radius 2 is 0.974 bits per heavy atom. The molecule has 8 rings (SSSR count). The first-order valence-corrected chi connectivity index (χ1v) is 13.8. The van der Waals surface area contributed by atoms with Crippen LogP contribution in [0.5, 0.6) is 0 Å². The van der Waals surface area contributed by atoms with Crippen molar-refractivity contribution in [1.82, 2.24) is 0 Å². The van der Waals surface area contributed by atoms with E-state index in [9.17, 15) is 9.59 Å². The summed E-state index contributed by atoms with van der Waals surface area (Å²) in [4.78, 5) is 25.2. The highest BCUT2D eigenvalue weighted by atomic mass is 79.9.